The maximum atomic E-state index is 9.82. The lowest BCUT2D eigenvalue weighted by molar-refractivity contribution is 0.138. The molecule has 2 N–H and O–H groups in total. The van der Waals surface area contributed by atoms with E-state index in [4.69, 9.17) is 0 Å². The lowest BCUT2D eigenvalue weighted by atomic mass is 10.1. The van der Waals surface area contributed by atoms with Crippen LogP contribution in [-0.4, -0.2) is 32.4 Å². The Labute approximate surface area is 106 Å². The van der Waals surface area contributed by atoms with Gasteiger partial charge in [-0.15, -0.1) is 0 Å². The van der Waals surface area contributed by atoms with Crippen molar-refractivity contribution in [3.05, 3.63) is 24.0 Å². The predicted octanol–water partition coefficient (Wildman–Crippen LogP) is 1.61. The molecule has 1 aliphatic rings. The number of hydrogen-bond acceptors (Lipinski definition) is 4. The zero-order valence-corrected chi connectivity index (χ0v) is 10.5. The molecule has 1 aliphatic carbocycles. The molecule has 2 unspecified atom stereocenters. The zero-order chi connectivity index (χ0) is 12.5. The van der Waals surface area contributed by atoms with Crippen molar-refractivity contribution in [2.24, 2.45) is 5.92 Å². The molecule has 0 aliphatic heterocycles. The Balaban J connectivity index is 1.79. The van der Waals surface area contributed by atoms with Crippen LogP contribution in [0.4, 0.5) is 5.82 Å². The standard InChI is InChI=1S/C13H18N4O/c1-9-5-12(17-13(6-9)15-8-16-17)14-7-10-3-2-4-11(10)18/h5-6,8,10-11,14,18H,2-4,7H2,1H3. The minimum atomic E-state index is -0.159. The van der Waals surface area contributed by atoms with Crippen LogP contribution in [0.3, 0.4) is 0 Å². The van der Waals surface area contributed by atoms with Gasteiger partial charge < -0.3 is 10.4 Å². The molecule has 2 heterocycles. The number of aryl methyl sites for hydroxylation is 1. The van der Waals surface area contributed by atoms with E-state index in [9.17, 15) is 5.11 Å². The van der Waals surface area contributed by atoms with E-state index >= 15 is 0 Å². The average molecular weight is 246 g/mol. The Morgan fingerprint density at radius 2 is 2.33 bits per heavy atom. The molecule has 5 nitrogen and oxygen atoms in total. The predicted molar refractivity (Wildman–Crippen MR) is 69.6 cm³/mol. The van der Waals surface area contributed by atoms with Gasteiger partial charge in [-0.05, 0) is 37.5 Å². The van der Waals surface area contributed by atoms with Crippen LogP contribution in [0, 0.1) is 12.8 Å². The summed E-state index contributed by atoms with van der Waals surface area (Å²) in [7, 11) is 0. The highest BCUT2D eigenvalue weighted by Gasteiger charge is 2.24. The number of anilines is 1. The lowest BCUT2D eigenvalue weighted by Gasteiger charge is -2.16. The number of nitrogens with zero attached hydrogens (tertiary/aromatic N) is 3. The van der Waals surface area contributed by atoms with Crippen LogP contribution in [0.25, 0.3) is 5.65 Å². The molecule has 2 atom stereocenters. The molecular formula is C13H18N4O. The van der Waals surface area contributed by atoms with Gasteiger partial charge in [0.1, 0.15) is 12.1 Å². The summed E-state index contributed by atoms with van der Waals surface area (Å²) in [5.74, 6) is 1.30. The lowest BCUT2D eigenvalue weighted by Crippen LogP contribution is -2.22. The second-order valence-electron chi connectivity index (χ2n) is 5.09. The summed E-state index contributed by atoms with van der Waals surface area (Å²) in [5.41, 5.74) is 2.01. The molecule has 0 amide bonds. The topological polar surface area (TPSA) is 62.5 Å². The number of fused-ring (bicyclic) bond motifs is 1. The molecule has 3 rings (SSSR count). The van der Waals surface area contributed by atoms with Crippen molar-refractivity contribution in [1.29, 1.82) is 0 Å². The van der Waals surface area contributed by atoms with Crippen molar-refractivity contribution >= 4 is 11.5 Å². The van der Waals surface area contributed by atoms with Crippen LogP contribution in [0.2, 0.25) is 0 Å². The third-order valence-corrected chi connectivity index (χ3v) is 3.69. The Kier molecular flexibility index (Phi) is 2.91. The van der Waals surface area contributed by atoms with E-state index in [0.717, 1.165) is 42.8 Å². The largest absolute Gasteiger partial charge is 0.393 e. The monoisotopic (exact) mass is 246 g/mol. The fourth-order valence-electron chi connectivity index (χ4n) is 2.67. The fourth-order valence-corrected chi connectivity index (χ4v) is 2.67. The van der Waals surface area contributed by atoms with Crippen molar-refractivity contribution in [1.82, 2.24) is 14.6 Å². The maximum absolute atomic E-state index is 9.82. The summed E-state index contributed by atoms with van der Waals surface area (Å²) < 4.78 is 1.80. The zero-order valence-electron chi connectivity index (χ0n) is 10.5. The van der Waals surface area contributed by atoms with Crippen molar-refractivity contribution in [3.8, 4) is 0 Å². The highest BCUT2D eigenvalue weighted by molar-refractivity contribution is 5.51. The molecule has 0 radical (unpaired) electrons. The van der Waals surface area contributed by atoms with Gasteiger partial charge in [-0.2, -0.15) is 9.61 Å². The highest BCUT2D eigenvalue weighted by atomic mass is 16.3. The Hall–Kier alpha value is -1.62. The number of pyridine rings is 1. The molecule has 0 aromatic carbocycles. The van der Waals surface area contributed by atoms with Crippen LogP contribution in [-0.2, 0) is 0 Å². The van der Waals surface area contributed by atoms with Crippen LogP contribution in [0.15, 0.2) is 18.5 Å². The van der Waals surface area contributed by atoms with Gasteiger partial charge in [-0.1, -0.05) is 6.42 Å². The van der Waals surface area contributed by atoms with Gasteiger partial charge in [-0.25, -0.2) is 4.98 Å². The number of nitrogens with one attached hydrogen (secondary N) is 1. The molecule has 0 bridgehead atoms. The molecule has 2 aromatic heterocycles. The van der Waals surface area contributed by atoms with E-state index in [1.54, 1.807) is 10.8 Å². The molecule has 18 heavy (non-hydrogen) atoms. The molecule has 1 fully saturated rings. The van der Waals surface area contributed by atoms with E-state index in [1.165, 1.54) is 0 Å². The summed E-state index contributed by atoms with van der Waals surface area (Å²) in [6, 6.07) is 4.06. The summed E-state index contributed by atoms with van der Waals surface area (Å²) >= 11 is 0. The quantitative estimate of drug-likeness (QED) is 0.863. The Morgan fingerprint density at radius 3 is 3.11 bits per heavy atom. The minimum absolute atomic E-state index is 0.159. The fraction of sp³-hybridized carbons (Fsp3) is 0.538. The highest BCUT2D eigenvalue weighted by Crippen LogP contribution is 2.26. The molecule has 0 saturated heterocycles. The van der Waals surface area contributed by atoms with Crippen molar-refractivity contribution < 1.29 is 5.11 Å². The molecular weight excluding hydrogens is 228 g/mol. The Bertz CT molecular complexity index is 551. The van der Waals surface area contributed by atoms with Gasteiger partial charge in [0.15, 0.2) is 5.65 Å². The third kappa shape index (κ3) is 2.06. The average Bonchev–Trinajstić information content (AvgIpc) is 2.94. The number of rotatable bonds is 3. The molecule has 5 heteroatoms. The number of aliphatic hydroxyl groups is 1. The molecule has 0 spiro atoms. The summed E-state index contributed by atoms with van der Waals surface area (Å²) in [5, 5.41) is 17.4. The molecule has 96 valence electrons. The van der Waals surface area contributed by atoms with Gasteiger partial charge in [0, 0.05) is 12.5 Å². The first kappa shape index (κ1) is 11.5. The van der Waals surface area contributed by atoms with E-state index in [-0.39, 0.29) is 6.10 Å². The van der Waals surface area contributed by atoms with Gasteiger partial charge in [0.05, 0.1) is 6.10 Å². The second-order valence-corrected chi connectivity index (χ2v) is 5.09. The smallest absolute Gasteiger partial charge is 0.157 e. The number of aromatic nitrogens is 3. The molecule has 2 aromatic rings. The second kappa shape index (κ2) is 4.57. The van der Waals surface area contributed by atoms with Crippen molar-refractivity contribution in [2.45, 2.75) is 32.3 Å². The van der Waals surface area contributed by atoms with E-state index in [2.05, 4.69) is 21.5 Å². The summed E-state index contributed by atoms with van der Waals surface area (Å²) in [6.07, 6.45) is 4.55. The van der Waals surface area contributed by atoms with Gasteiger partial charge in [-0.3, -0.25) is 0 Å². The van der Waals surface area contributed by atoms with Crippen molar-refractivity contribution in [3.63, 3.8) is 0 Å². The van der Waals surface area contributed by atoms with Crippen LogP contribution in [0.1, 0.15) is 24.8 Å². The van der Waals surface area contributed by atoms with Crippen LogP contribution >= 0.6 is 0 Å². The first-order valence-corrected chi connectivity index (χ1v) is 6.46. The normalized spacial score (nSPS) is 23.7. The SMILES string of the molecule is Cc1cc(NCC2CCCC2O)n2ncnc2c1. The first-order chi connectivity index (χ1) is 8.74. The maximum Gasteiger partial charge on any atom is 0.157 e. The first-order valence-electron chi connectivity index (χ1n) is 6.46. The van der Waals surface area contributed by atoms with E-state index < -0.39 is 0 Å². The van der Waals surface area contributed by atoms with Crippen molar-refractivity contribution in [2.75, 3.05) is 11.9 Å². The van der Waals surface area contributed by atoms with Crippen LogP contribution in [0.5, 0.6) is 0 Å². The third-order valence-electron chi connectivity index (χ3n) is 3.69. The number of aliphatic hydroxyl groups excluding tert-OH is 1. The summed E-state index contributed by atoms with van der Waals surface area (Å²) in [6.45, 7) is 2.84. The van der Waals surface area contributed by atoms with E-state index in [0.29, 0.717) is 5.92 Å². The van der Waals surface area contributed by atoms with Crippen LogP contribution < -0.4 is 5.32 Å². The van der Waals surface area contributed by atoms with Gasteiger partial charge in [0.25, 0.3) is 0 Å². The van der Waals surface area contributed by atoms with Gasteiger partial charge in [0.2, 0.25) is 0 Å². The Morgan fingerprint density at radius 1 is 1.44 bits per heavy atom. The van der Waals surface area contributed by atoms with Gasteiger partial charge >= 0.3 is 0 Å². The van der Waals surface area contributed by atoms with E-state index in [1.807, 2.05) is 13.0 Å². The number of hydrogen-bond donors (Lipinski definition) is 2. The minimum Gasteiger partial charge on any atom is -0.393 e. The molecule has 1 saturated carbocycles. The summed E-state index contributed by atoms with van der Waals surface area (Å²) in [4.78, 5) is 4.20.